The van der Waals surface area contributed by atoms with E-state index in [1.165, 1.54) is 6.21 Å². The summed E-state index contributed by atoms with van der Waals surface area (Å²) in [4.78, 5) is 11.9. The van der Waals surface area contributed by atoms with Gasteiger partial charge in [-0.1, -0.05) is 22.0 Å². The molecule has 1 N–H and O–H groups in total. The third kappa shape index (κ3) is 4.08. The van der Waals surface area contributed by atoms with Gasteiger partial charge < -0.3 is 9.47 Å². The Balaban J connectivity index is 2.05. The largest absolute Gasteiger partial charge is 0.493 e. The van der Waals surface area contributed by atoms with Crippen molar-refractivity contribution in [2.24, 2.45) is 5.10 Å². The van der Waals surface area contributed by atoms with Gasteiger partial charge in [0.15, 0.2) is 11.5 Å². The molecule has 0 aliphatic heterocycles. The topological polar surface area (TPSA) is 59.9 Å². The molecule has 0 radical (unpaired) electrons. The van der Waals surface area contributed by atoms with Crippen LogP contribution in [0, 0.1) is 0 Å². The number of methoxy groups -OCH3 is 2. The molecule has 0 bridgehead atoms. The SMILES string of the molecule is COc1ccc(/C=N/NC(=O)c2cccc(Br)c2)cc1OC. The van der Waals surface area contributed by atoms with Gasteiger partial charge in [0.2, 0.25) is 0 Å². The molecule has 114 valence electrons. The zero-order valence-electron chi connectivity index (χ0n) is 12.2. The summed E-state index contributed by atoms with van der Waals surface area (Å²) in [7, 11) is 3.14. The Morgan fingerprint density at radius 2 is 1.91 bits per heavy atom. The van der Waals surface area contributed by atoms with E-state index in [2.05, 4.69) is 26.5 Å². The maximum Gasteiger partial charge on any atom is 0.271 e. The van der Waals surface area contributed by atoms with Gasteiger partial charge in [0.05, 0.1) is 20.4 Å². The van der Waals surface area contributed by atoms with Crippen LogP contribution in [0.5, 0.6) is 11.5 Å². The number of carbonyl (C=O) groups excluding carboxylic acids is 1. The second kappa shape index (κ2) is 7.61. The number of ether oxygens (including phenoxy) is 2. The monoisotopic (exact) mass is 362 g/mol. The number of nitrogens with one attached hydrogen (secondary N) is 1. The minimum atomic E-state index is -0.280. The number of hydrazone groups is 1. The maximum atomic E-state index is 11.9. The highest BCUT2D eigenvalue weighted by atomic mass is 79.9. The van der Waals surface area contributed by atoms with Gasteiger partial charge in [0.1, 0.15) is 0 Å². The second-order valence-corrected chi connectivity index (χ2v) is 5.24. The minimum Gasteiger partial charge on any atom is -0.493 e. The predicted octanol–water partition coefficient (Wildman–Crippen LogP) is 3.23. The van der Waals surface area contributed by atoms with E-state index in [0.29, 0.717) is 17.1 Å². The van der Waals surface area contributed by atoms with Crippen LogP contribution in [0.1, 0.15) is 15.9 Å². The van der Waals surface area contributed by atoms with Crippen molar-refractivity contribution in [1.82, 2.24) is 5.43 Å². The van der Waals surface area contributed by atoms with Gasteiger partial charge in [-0.2, -0.15) is 5.10 Å². The predicted molar refractivity (Wildman–Crippen MR) is 88.7 cm³/mol. The molecule has 0 unspecified atom stereocenters. The number of amides is 1. The summed E-state index contributed by atoms with van der Waals surface area (Å²) in [6.07, 6.45) is 1.54. The first-order valence-corrected chi connectivity index (χ1v) is 7.24. The summed E-state index contributed by atoms with van der Waals surface area (Å²) in [6.45, 7) is 0. The molecule has 22 heavy (non-hydrogen) atoms. The van der Waals surface area contributed by atoms with Gasteiger partial charge in [-0.15, -0.1) is 0 Å². The number of carbonyl (C=O) groups is 1. The van der Waals surface area contributed by atoms with E-state index in [0.717, 1.165) is 10.0 Å². The highest BCUT2D eigenvalue weighted by Gasteiger charge is 2.05. The molecular formula is C16H15BrN2O3. The molecule has 0 saturated heterocycles. The van der Waals surface area contributed by atoms with Crippen LogP contribution in [0.3, 0.4) is 0 Å². The van der Waals surface area contributed by atoms with E-state index in [1.807, 2.05) is 12.1 Å². The van der Waals surface area contributed by atoms with E-state index >= 15 is 0 Å². The third-order valence-corrected chi connectivity index (χ3v) is 3.37. The van der Waals surface area contributed by atoms with Crippen molar-refractivity contribution in [3.05, 3.63) is 58.1 Å². The Morgan fingerprint density at radius 1 is 1.14 bits per heavy atom. The smallest absolute Gasteiger partial charge is 0.271 e. The van der Waals surface area contributed by atoms with Crippen LogP contribution >= 0.6 is 15.9 Å². The zero-order chi connectivity index (χ0) is 15.9. The van der Waals surface area contributed by atoms with Crippen molar-refractivity contribution in [1.29, 1.82) is 0 Å². The Bertz CT molecular complexity index is 702. The lowest BCUT2D eigenvalue weighted by molar-refractivity contribution is 0.0955. The molecule has 0 saturated carbocycles. The molecule has 0 aliphatic carbocycles. The standard InChI is InChI=1S/C16H15BrN2O3/c1-21-14-7-6-11(8-15(14)22-2)10-18-19-16(20)12-4-3-5-13(17)9-12/h3-10H,1-2H3,(H,19,20)/b18-10+. The fraction of sp³-hybridized carbons (Fsp3) is 0.125. The molecule has 0 fully saturated rings. The molecule has 6 heteroatoms. The van der Waals surface area contributed by atoms with Crippen molar-refractivity contribution in [3.63, 3.8) is 0 Å². The van der Waals surface area contributed by atoms with E-state index in [1.54, 1.807) is 44.6 Å². The molecule has 2 aromatic rings. The molecular weight excluding hydrogens is 348 g/mol. The number of nitrogens with zero attached hydrogens (tertiary/aromatic N) is 1. The van der Waals surface area contributed by atoms with Crippen molar-refractivity contribution in [2.45, 2.75) is 0 Å². The van der Waals surface area contributed by atoms with Crippen LogP contribution in [0.15, 0.2) is 52.0 Å². The fourth-order valence-corrected chi connectivity index (χ4v) is 2.19. The maximum absolute atomic E-state index is 11.9. The summed E-state index contributed by atoms with van der Waals surface area (Å²) in [6, 6.07) is 12.4. The Labute approximate surface area is 137 Å². The van der Waals surface area contributed by atoms with Crippen LogP contribution in [-0.2, 0) is 0 Å². The summed E-state index contributed by atoms with van der Waals surface area (Å²) < 4.78 is 11.2. The molecule has 0 aromatic heterocycles. The van der Waals surface area contributed by atoms with Gasteiger partial charge >= 0.3 is 0 Å². The number of benzene rings is 2. The van der Waals surface area contributed by atoms with Crippen LogP contribution in [0.25, 0.3) is 0 Å². The number of rotatable bonds is 5. The minimum absolute atomic E-state index is 0.280. The van der Waals surface area contributed by atoms with Crippen molar-refractivity contribution < 1.29 is 14.3 Å². The van der Waals surface area contributed by atoms with Gasteiger partial charge in [0.25, 0.3) is 5.91 Å². The highest BCUT2D eigenvalue weighted by Crippen LogP contribution is 2.26. The number of halogens is 1. The van der Waals surface area contributed by atoms with E-state index < -0.39 is 0 Å². The first kappa shape index (κ1) is 16.0. The normalized spacial score (nSPS) is 10.5. The zero-order valence-corrected chi connectivity index (χ0v) is 13.8. The van der Waals surface area contributed by atoms with Gasteiger partial charge in [-0.25, -0.2) is 5.43 Å². The Kier molecular flexibility index (Phi) is 5.55. The van der Waals surface area contributed by atoms with Crippen LogP contribution in [0.4, 0.5) is 0 Å². The molecule has 0 spiro atoms. The van der Waals surface area contributed by atoms with Gasteiger partial charge in [-0.05, 0) is 42.0 Å². The quantitative estimate of drug-likeness (QED) is 0.656. The van der Waals surface area contributed by atoms with Crippen LogP contribution < -0.4 is 14.9 Å². The number of hydrogen-bond donors (Lipinski definition) is 1. The lowest BCUT2D eigenvalue weighted by Gasteiger charge is -2.07. The first-order chi connectivity index (χ1) is 10.6. The second-order valence-electron chi connectivity index (χ2n) is 4.32. The molecule has 0 atom stereocenters. The average molecular weight is 363 g/mol. The van der Waals surface area contributed by atoms with E-state index in [4.69, 9.17) is 9.47 Å². The third-order valence-electron chi connectivity index (χ3n) is 2.87. The molecule has 2 aromatic carbocycles. The average Bonchev–Trinajstić information content (AvgIpc) is 2.54. The van der Waals surface area contributed by atoms with E-state index in [9.17, 15) is 4.79 Å². The number of hydrogen-bond acceptors (Lipinski definition) is 4. The Hall–Kier alpha value is -2.34. The summed E-state index contributed by atoms with van der Waals surface area (Å²) in [5.41, 5.74) is 3.79. The highest BCUT2D eigenvalue weighted by molar-refractivity contribution is 9.10. The van der Waals surface area contributed by atoms with Crippen LogP contribution in [-0.4, -0.2) is 26.3 Å². The molecule has 2 rings (SSSR count). The van der Waals surface area contributed by atoms with Gasteiger partial charge in [-0.3, -0.25) is 4.79 Å². The lowest BCUT2D eigenvalue weighted by atomic mass is 10.2. The van der Waals surface area contributed by atoms with Crippen molar-refractivity contribution in [3.8, 4) is 11.5 Å². The molecule has 1 amide bonds. The summed E-state index contributed by atoms with van der Waals surface area (Å²) in [5, 5.41) is 3.94. The first-order valence-electron chi connectivity index (χ1n) is 6.45. The summed E-state index contributed by atoms with van der Waals surface area (Å²) >= 11 is 3.32. The summed E-state index contributed by atoms with van der Waals surface area (Å²) in [5.74, 6) is 0.959. The van der Waals surface area contributed by atoms with Crippen molar-refractivity contribution >= 4 is 28.1 Å². The Morgan fingerprint density at radius 3 is 2.59 bits per heavy atom. The lowest BCUT2D eigenvalue weighted by Crippen LogP contribution is -2.17. The van der Waals surface area contributed by atoms with Gasteiger partial charge in [0, 0.05) is 10.0 Å². The fourth-order valence-electron chi connectivity index (χ4n) is 1.79. The molecule has 0 aliphatic rings. The van der Waals surface area contributed by atoms with Crippen molar-refractivity contribution in [2.75, 3.05) is 14.2 Å². The molecule has 5 nitrogen and oxygen atoms in total. The van der Waals surface area contributed by atoms with E-state index in [-0.39, 0.29) is 5.91 Å². The molecule has 0 heterocycles. The van der Waals surface area contributed by atoms with Crippen LogP contribution in [0.2, 0.25) is 0 Å².